The van der Waals surface area contributed by atoms with Crippen LogP contribution in [0, 0.1) is 5.92 Å². The number of nitrogens with zero attached hydrogens (tertiary/aromatic N) is 3. The second-order valence-corrected chi connectivity index (χ2v) is 8.84. The Balaban J connectivity index is 1.85. The van der Waals surface area contributed by atoms with Gasteiger partial charge < -0.3 is 5.32 Å². The summed E-state index contributed by atoms with van der Waals surface area (Å²) in [7, 11) is -3.08. The first-order valence-corrected chi connectivity index (χ1v) is 9.12. The number of sulfone groups is 1. The number of aromatic nitrogens is 2. The van der Waals surface area contributed by atoms with Gasteiger partial charge in [0.2, 0.25) is 5.13 Å². The van der Waals surface area contributed by atoms with Gasteiger partial charge in [0.05, 0.1) is 23.6 Å². The highest BCUT2D eigenvalue weighted by atomic mass is 32.2. The van der Waals surface area contributed by atoms with E-state index in [-0.39, 0.29) is 29.6 Å². The zero-order valence-electron chi connectivity index (χ0n) is 11.2. The molecule has 110 valence electrons. The van der Waals surface area contributed by atoms with Gasteiger partial charge in [0.1, 0.15) is 5.01 Å². The van der Waals surface area contributed by atoms with Crippen molar-refractivity contribution in [1.29, 1.82) is 0 Å². The van der Waals surface area contributed by atoms with Crippen molar-refractivity contribution in [3.63, 3.8) is 0 Å². The van der Waals surface area contributed by atoms with E-state index in [9.17, 15) is 13.2 Å². The van der Waals surface area contributed by atoms with Crippen molar-refractivity contribution in [2.24, 2.45) is 5.92 Å². The van der Waals surface area contributed by atoms with E-state index in [1.54, 1.807) is 0 Å². The summed E-state index contributed by atoms with van der Waals surface area (Å²) in [6.07, 6.45) is 0.805. The third-order valence-corrected chi connectivity index (χ3v) is 6.09. The Morgan fingerprint density at radius 2 is 2.15 bits per heavy atom. The van der Waals surface area contributed by atoms with Crippen LogP contribution in [0.15, 0.2) is 0 Å². The Morgan fingerprint density at radius 1 is 1.40 bits per heavy atom. The molecular formula is C11H16N4O3S2. The van der Waals surface area contributed by atoms with Gasteiger partial charge in [0.25, 0.3) is 0 Å². The van der Waals surface area contributed by atoms with Crippen molar-refractivity contribution in [3.05, 3.63) is 5.01 Å². The molecule has 0 aromatic carbocycles. The molecule has 9 heteroatoms. The summed E-state index contributed by atoms with van der Waals surface area (Å²) in [5.41, 5.74) is 0. The van der Waals surface area contributed by atoms with Crippen LogP contribution in [0.3, 0.4) is 0 Å². The van der Waals surface area contributed by atoms with Gasteiger partial charge in [-0.15, -0.1) is 10.2 Å². The first kappa shape index (κ1) is 13.7. The Morgan fingerprint density at radius 3 is 2.85 bits per heavy atom. The number of carbonyl (C=O) groups excluding carboxylic acids is 1. The van der Waals surface area contributed by atoms with Crippen molar-refractivity contribution in [2.75, 3.05) is 16.4 Å². The normalized spacial score (nSPS) is 27.9. The van der Waals surface area contributed by atoms with Crippen LogP contribution in [0.2, 0.25) is 0 Å². The minimum atomic E-state index is -3.08. The van der Waals surface area contributed by atoms with Crippen LogP contribution in [-0.2, 0) is 16.3 Å². The highest BCUT2D eigenvalue weighted by Crippen LogP contribution is 2.31. The second kappa shape index (κ2) is 4.66. The average molecular weight is 316 g/mol. The predicted octanol–water partition coefficient (Wildman–Crippen LogP) is 0.432. The maximum atomic E-state index is 12.0. The van der Waals surface area contributed by atoms with Crippen LogP contribution >= 0.6 is 11.3 Å². The summed E-state index contributed by atoms with van der Waals surface area (Å²) < 4.78 is 23.3. The summed E-state index contributed by atoms with van der Waals surface area (Å²) in [4.78, 5) is 13.4. The molecule has 0 radical (unpaired) electrons. The number of urea groups is 1. The minimum absolute atomic E-state index is 0.00446. The van der Waals surface area contributed by atoms with Crippen molar-refractivity contribution in [2.45, 2.75) is 32.4 Å². The van der Waals surface area contributed by atoms with E-state index in [0.29, 0.717) is 11.0 Å². The molecule has 7 nitrogen and oxygen atoms in total. The predicted molar refractivity (Wildman–Crippen MR) is 75.7 cm³/mol. The molecule has 0 saturated carbocycles. The lowest BCUT2D eigenvalue weighted by Crippen LogP contribution is -2.36. The monoisotopic (exact) mass is 316 g/mol. The van der Waals surface area contributed by atoms with Gasteiger partial charge in [-0.25, -0.2) is 13.2 Å². The maximum absolute atomic E-state index is 12.0. The fourth-order valence-electron chi connectivity index (χ4n) is 2.60. The maximum Gasteiger partial charge on any atom is 0.324 e. The molecule has 2 amide bonds. The van der Waals surface area contributed by atoms with E-state index in [2.05, 4.69) is 29.4 Å². The molecule has 1 aromatic rings. The molecule has 2 aliphatic heterocycles. The SMILES string of the molecule is CC(C)Cc1nnc(N2C(=O)N[C@H]3CS(=O)(=O)C[C@@H]32)s1. The van der Waals surface area contributed by atoms with Gasteiger partial charge in [-0.1, -0.05) is 25.2 Å². The Kier molecular flexibility index (Phi) is 3.20. The van der Waals surface area contributed by atoms with Crippen molar-refractivity contribution >= 4 is 32.3 Å². The molecule has 2 aliphatic rings. The van der Waals surface area contributed by atoms with Gasteiger partial charge >= 0.3 is 6.03 Å². The number of amides is 2. The lowest BCUT2D eigenvalue weighted by atomic mass is 10.1. The molecule has 20 heavy (non-hydrogen) atoms. The van der Waals surface area contributed by atoms with Crippen LogP contribution in [0.25, 0.3) is 0 Å². The number of anilines is 1. The topological polar surface area (TPSA) is 92.3 Å². The van der Waals surface area contributed by atoms with E-state index in [1.165, 1.54) is 16.2 Å². The molecular weight excluding hydrogens is 300 g/mol. The van der Waals surface area contributed by atoms with Crippen molar-refractivity contribution in [3.8, 4) is 0 Å². The Bertz CT molecular complexity index is 640. The van der Waals surface area contributed by atoms with Crippen molar-refractivity contribution < 1.29 is 13.2 Å². The van der Waals surface area contributed by atoms with Gasteiger partial charge in [-0.2, -0.15) is 0 Å². The fourth-order valence-corrected chi connectivity index (χ4v) is 5.60. The van der Waals surface area contributed by atoms with Crippen molar-refractivity contribution in [1.82, 2.24) is 15.5 Å². The van der Waals surface area contributed by atoms with E-state index in [4.69, 9.17) is 0 Å². The minimum Gasteiger partial charge on any atom is -0.332 e. The number of nitrogens with one attached hydrogen (secondary N) is 1. The zero-order valence-corrected chi connectivity index (χ0v) is 12.9. The first-order chi connectivity index (χ1) is 9.35. The molecule has 0 aliphatic carbocycles. The van der Waals surface area contributed by atoms with Crippen LogP contribution < -0.4 is 10.2 Å². The number of rotatable bonds is 3. The van der Waals surface area contributed by atoms with Gasteiger partial charge in [0.15, 0.2) is 9.84 Å². The average Bonchev–Trinajstić information content (AvgIpc) is 2.90. The smallest absolute Gasteiger partial charge is 0.324 e. The molecule has 0 bridgehead atoms. The van der Waals surface area contributed by atoms with E-state index in [0.717, 1.165) is 11.4 Å². The summed E-state index contributed by atoms with van der Waals surface area (Å²) in [5.74, 6) is 0.468. The molecule has 0 spiro atoms. The molecule has 0 unspecified atom stereocenters. The molecule has 2 fully saturated rings. The number of carbonyl (C=O) groups is 1. The van der Waals surface area contributed by atoms with Crippen LogP contribution in [0.5, 0.6) is 0 Å². The number of hydrogen-bond donors (Lipinski definition) is 1. The van der Waals surface area contributed by atoms with Gasteiger partial charge in [0, 0.05) is 6.42 Å². The second-order valence-electron chi connectivity index (χ2n) is 5.65. The molecule has 1 aromatic heterocycles. The Hall–Kier alpha value is -1.22. The fraction of sp³-hybridized carbons (Fsp3) is 0.727. The summed E-state index contributed by atoms with van der Waals surface area (Å²) >= 11 is 1.36. The highest BCUT2D eigenvalue weighted by Gasteiger charge is 2.50. The van der Waals surface area contributed by atoms with E-state index < -0.39 is 9.84 Å². The summed E-state index contributed by atoms with van der Waals surface area (Å²) in [6.45, 7) is 4.17. The number of hydrogen-bond acceptors (Lipinski definition) is 6. The lowest BCUT2D eigenvalue weighted by Gasteiger charge is -2.16. The van der Waals surface area contributed by atoms with E-state index >= 15 is 0 Å². The third kappa shape index (κ3) is 2.39. The molecule has 1 N–H and O–H groups in total. The molecule has 3 heterocycles. The zero-order chi connectivity index (χ0) is 14.5. The van der Waals surface area contributed by atoms with E-state index in [1.807, 2.05) is 0 Å². The largest absolute Gasteiger partial charge is 0.332 e. The Labute approximate surface area is 121 Å². The lowest BCUT2D eigenvalue weighted by molar-refractivity contribution is 0.251. The summed E-state index contributed by atoms with van der Waals surface area (Å²) in [6, 6.07) is -0.959. The molecule has 2 saturated heterocycles. The van der Waals surface area contributed by atoms with Gasteiger partial charge in [-0.05, 0) is 5.92 Å². The first-order valence-electron chi connectivity index (χ1n) is 6.48. The molecule has 3 rings (SSSR count). The molecule has 2 atom stereocenters. The van der Waals surface area contributed by atoms with Gasteiger partial charge in [-0.3, -0.25) is 4.90 Å². The highest BCUT2D eigenvalue weighted by molar-refractivity contribution is 7.91. The number of fused-ring (bicyclic) bond motifs is 1. The van der Waals surface area contributed by atoms with Crippen LogP contribution in [0.4, 0.5) is 9.93 Å². The van der Waals surface area contributed by atoms with Crippen LogP contribution in [-0.4, -0.2) is 48.2 Å². The summed E-state index contributed by atoms with van der Waals surface area (Å²) in [5, 5.41) is 12.2. The third-order valence-electron chi connectivity index (χ3n) is 3.43. The quantitative estimate of drug-likeness (QED) is 0.817. The van der Waals surface area contributed by atoms with Crippen LogP contribution in [0.1, 0.15) is 18.9 Å². The standard InChI is InChI=1S/C11H16N4O3S2/c1-6(2)3-9-13-14-11(19-9)15-8-5-20(17,18)4-7(8)12-10(15)16/h6-8H,3-5H2,1-2H3,(H,12,16)/t7-,8-/m0/s1.